The number of anilines is 1. The molecule has 0 spiro atoms. The van der Waals surface area contributed by atoms with E-state index < -0.39 is 0 Å². The number of nitrogens with zero attached hydrogens (tertiary/aromatic N) is 3. The fraction of sp³-hybridized carbons (Fsp3) is 0.100. The van der Waals surface area contributed by atoms with Crippen LogP contribution in [0, 0.1) is 11.3 Å². The summed E-state index contributed by atoms with van der Waals surface area (Å²) in [6, 6.07) is 7.69. The van der Waals surface area contributed by atoms with E-state index >= 15 is 0 Å². The lowest BCUT2D eigenvalue weighted by atomic mass is 10.4. The lowest BCUT2D eigenvalue weighted by Crippen LogP contribution is -2.01. The molecule has 0 aromatic carbocycles. The van der Waals surface area contributed by atoms with Gasteiger partial charge < -0.3 is 5.32 Å². The summed E-state index contributed by atoms with van der Waals surface area (Å²) < 4.78 is 0. The van der Waals surface area contributed by atoms with Gasteiger partial charge in [0.15, 0.2) is 0 Å². The van der Waals surface area contributed by atoms with E-state index in [1.165, 1.54) is 4.88 Å². The molecule has 2 rings (SSSR count). The van der Waals surface area contributed by atoms with Crippen LogP contribution in [-0.2, 0) is 6.54 Å². The van der Waals surface area contributed by atoms with Crippen LogP contribution in [0.15, 0.2) is 29.8 Å². The molecule has 0 saturated carbocycles. The number of hydrogen-bond acceptors (Lipinski definition) is 5. The van der Waals surface area contributed by atoms with Gasteiger partial charge in [0.1, 0.15) is 11.9 Å². The first-order valence-electron chi connectivity index (χ1n) is 4.38. The minimum absolute atomic E-state index is 0.186. The molecule has 15 heavy (non-hydrogen) atoms. The van der Waals surface area contributed by atoms with E-state index in [1.807, 2.05) is 23.6 Å². The van der Waals surface area contributed by atoms with Gasteiger partial charge in [-0.3, -0.25) is 0 Å². The molecule has 74 valence electrons. The highest BCUT2D eigenvalue weighted by atomic mass is 32.1. The van der Waals surface area contributed by atoms with Crippen LogP contribution in [0.3, 0.4) is 0 Å². The molecule has 0 unspecified atom stereocenters. The maximum atomic E-state index is 8.61. The van der Waals surface area contributed by atoms with Gasteiger partial charge in [0, 0.05) is 11.1 Å². The molecule has 2 heterocycles. The second-order valence-electron chi connectivity index (χ2n) is 2.81. The number of thiophene rings is 1. The van der Waals surface area contributed by atoms with E-state index in [4.69, 9.17) is 5.26 Å². The van der Waals surface area contributed by atoms with Gasteiger partial charge in [0.05, 0.1) is 6.54 Å². The summed E-state index contributed by atoms with van der Waals surface area (Å²) in [7, 11) is 0. The smallest absolute Gasteiger partial charge is 0.234 e. The summed E-state index contributed by atoms with van der Waals surface area (Å²) in [4.78, 5) is 9.03. The lowest BCUT2D eigenvalue weighted by molar-refractivity contribution is 1.07. The molecule has 0 radical (unpaired) electrons. The number of hydrogen-bond donors (Lipinski definition) is 1. The van der Waals surface area contributed by atoms with Gasteiger partial charge in [-0.25, -0.2) is 9.97 Å². The van der Waals surface area contributed by atoms with Gasteiger partial charge in [0.2, 0.25) is 5.82 Å². The highest BCUT2D eigenvalue weighted by molar-refractivity contribution is 7.09. The van der Waals surface area contributed by atoms with Crippen molar-refractivity contribution >= 4 is 17.2 Å². The van der Waals surface area contributed by atoms with Gasteiger partial charge in [-0.05, 0) is 17.5 Å². The Morgan fingerprint density at radius 3 is 3.13 bits per heavy atom. The molecule has 0 atom stereocenters. The van der Waals surface area contributed by atoms with Crippen LogP contribution in [0.4, 0.5) is 5.82 Å². The Morgan fingerprint density at radius 2 is 2.40 bits per heavy atom. The van der Waals surface area contributed by atoms with E-state index in [-0.39, 0.29) is 5.82 Å². The minimum Gasteiger partial charge on any atom is -0.365 e. The van der Waals surface area contributed by atoms with E-state index in [0.29, 0.717) is 5.82 Å². The Hall–Kier alpha value is -1.93. The van der Waals surface area contributed by atoms with Crippen molar-refractivity contribution in [3.8, 4) is 6.07 Å². The van der Waals surface area contributed by atoms with Crippen molar-refractivity contribution in [3.05, 3.63) is 40.5 Å². The Kier molecular flexibility index (Phi) is 2.90. The van der Waals surface area contributed by atoms with E-state index in [0.717, 1.165) is 6.54 Å². The van der Waals surface area contributed by atoms with Crippen molar-refractivity contribution < 1.29 is 0 Å². The molecule has 0 aliphatic heterocycles. The van der Waals surface area contributed by atoms with E-state index in [9.17, 15) is 0 Å². The second kappa shape index (κ2) is 4.53. The summed E-state index contributed by atoms with van der Waals surface area (Å²) in [5, 5.41) is 13.8. The highest BCUT2D eigenvalue weighted by Crippen LogP contribution is 2.10. The average Bonchev–Trinajstić information content (AvgIpc) is 2.79. The fourth-order valence-corrected chi connectivity index (χ4v) is 1.75. The predicted molar refractivity (Wildman–Crippen MR) is 58.4 cm³/mol. The monoisotopic (exact) mass is 216 g/mol. The number of nitriles is 1. The Bertz CT molecular complexity index is 472. The number of rotatable bonds is 3. The third-order valence-electron chi connectivity index (χ3n) is 1.78. The Labute approximate surface area is 91.2 Å². The average molecular weight is 216 g/mol. The van der Waals surface area contributed by atoms with Crippen molar-refractivity contribution in [1.82, 2.24) is 9.97 Å². The first-order valence-corrected chi connectivity index (χ1v) is 5.26. The summed E-state index contributed by atoms with van der Waals surface area (Å²) in [5.74, 6) is 0.862. The second-order valence-corrected chi connectivity index (χ2v) is 3.84. The van der Waals surface area contributed by atoms with E-state index in [2.05, 4.69) is 15.3 Å². The highest BCUT2D eigenvalue weighted by Gasteiger charge is 1.98. The first kappa shape index (κ1) is 9.62. The van der Waals surface area contributed by atoms with E-state index in [1.54, 1.807) is 23.6 Å². The standard InChI is InChI=1S/C10H8N4S/c11-6-10-12-4-3-9(14-10)13-7-8-2-1-5-15-8/h1-5H,7H2,(H,12,13,14). The topological polar surface area (TPSA) is 61.6 Å². The molecule has 5 heteroatoms. The van der Waals surface area contributed by atoms with Crippen molar-refractivity contribution in [3.63, 3.8) is 0 Å². The van der Waals surface area contributed by atoms with Crippen molar-refractivity contribution in [2.45, 2.75) is 6.54 Å². The van der Waals surface area contributed by atoms with Crippen molar-refractivity contribution in [1.29, 1.82) is 5.26 Å². The Morgan fingerprint density at radius 1 is 1.47 bits per heavy atom. The van der Waals surface area contributed by atoms with Crippen LogP contribution in [0.1, 0.15) is 10.7 Å². The quantitative estimate of drug-likeness (QED) is 0.852. The molecule has 0 bridgehead atoms. The minimum atomic E-state index is 0.186. The van der Waals surface area contributed by atoms with Crippen LogP contribution in [-0.4, -0.2) is 9.97 Å². The van der Waals surface area contributed by atoms with Crippen molar-refractivity contribution in [2.24, 2.45) is 0 Å². The van der Waals surface area contributed by atoms with Crippen molar-refractivity contribution in [2.75, 3.05) is 5.32 Å². The molecule has 1 N–H and O–H groups in total. The zero-order chi connectivity index (χ0) is 10.5. The first-order chi connectivity index (χ1) is 7.38. The number of nitrogens with one attached hydrogen (secondary N) is 1. The molecular formula is C10H8N4S. The molecule has 0 amide bonds. The van der Waals surface area contributed by atoms with Gasteiger partial charge in [0.25, 0.3) is 0 Å². The summed E-state index contributed by atoms with van der Waals surface area (Å²) >= 11 is 1.68. The maximum absolute atomic E-state index is 8.61. The number of aromatic nitrogens is 2. The van der Waals surface area contributed by atoms with Gasteiger partial charge in [-0.2, -0.15) is 5.26 Å². The third kappa shape index (κ3) is 2.51. The van der Waals surface area contributed by atoms with Gasteiger partial charge in [-0.15, -0.1) is 11.3 Å². The largest absolute Gasteiger partial charge is 0.365 e. The lowest BCUT2D eigenvalue weighted by Gasteiger charge is -2.02. The Balaban J connectivity index is 2.02. The van der Waals surface area contributed by atoms with Gasteiger partial charge >= 0.3 is 0 Å². The SMILES string of the molecule is N#Cc1nccc(NCc2cccs2)n1. The molecule has 2 aromatic rings. The van der Waals surface area contributed by atoms with Crippen LogP contribution in [0.5, 0.6) is 0 Å². The molecule has 4 nitrogen and oxygen atoms in total. The van der Waals surface area contributed by atoms with Crippen LogP contribution < -0.4 is 5.32 Å². The predicted octanol–water partition coefficient (Wildman–Crippen LogP) is 2.02. The van der Waals surface area contributed by atoms with Gasteiger partial charge in [-0.1, -0.05) is 6.07 Å². The van der Waals surface area contributed by atoms with Crippen LogP contribution >= 0.6 is 11.3 Å². The molecule has 0 aliphatic carbocycles. The van der Waals surface area contributed by atoms with Crippen LogP contribution in [0.25, 0.3) is 0 Å². The summed E-state index contributed by atoms with van der Waals surface area (Å²) in [5.41, 5.74) is 0. The zero-order valence-electron chi connectivity index (χ0n) is 7.84. The summed E-state index contributed by atoms with van der Waals surface area (Å²) in [6.45, 7) is 0.722. The summed E-state index contributed by atoms with van der Waals surface area (Å²) in [6.07, 6.45) is 1.57. The normalized spacial score (nSPS) is 9.53. The molecule has 0 fully saturated rings. The molecule has 0 aliphatic rings. The maximum Gasteiger partial charge on any atom is 0.234 e. The molecule has 2 aromatic heterocycles. The fourth-order valence-electron chi connectivity index (χ4n) is 1.10. The third-order valence-corrected chi connectivity index (χ3v) is 2.66. The molecule has 0 saturated heterocycles. The zero-order valence-corrected chi connectivity index (χ0v) is 8.66. The van der Waals surface area contributed by atoms with Crippen LogP contribution in [0.2, 0.25) is 0 Å². The molecular weight excluding hydrogens is 208 g/mol.